The highest BCUT2D eigenvalue weighted by Crippen LogP contribution is 2.23. The Bertz CT molecular complexity index is 520. The monoisotopic (exact) mass is 227 g/mol. The van der Waals surface area contributed by atoms with Gasteiger partial charge in [0.25, 0.3) is 0 Å². The summed E-state index contributed by atoms with van der Waals surface area (Å²) >= 11 is 0. The standard InChI is InChI=1S/C15H17NO/c1-11-7-8-14(16)15(9-11)17-10-13-6-4-3-5-12(13)2/h3-9H,10,16H2,1-2H3. The smallest absolute Gasteiger partial charge is 0.142 e. The van der Waals surface area contributed by atoms with E-state index in [4.69, 9.17) is 10.5 Å². The predicted octanol–water partition coefficient (Wildman–Crippen LogP) is 3.46. The van der Waals surface area contributed by atoms with Crippen molar-refractivity contribution in [2.75, 3.05) is 5.73 Å². The third-order valence-electron chi connectivity index (χ3n) is 2.81. The number of nitrogens with two attached hydrogens (primary N) is 1. The first-order valence-electron chi connectivity index (χ1n) is 5.70. The lowest BCUT2D eigenvalue weighted by Crippen LogP contribution is -2.00. The highest BCUT2D eigenvalue weighted by Gasteiger charge is 2.02. The summed E-state index contributed by atoms with van der Waals surface area (Å²) in [5, 5.41) is 0. The normalized spacial score (nSPS) is 10.2. The molecule has 0 aliphatic heterocycles. The van der Waals surface area contributed by atoms with Crippen LogP contribution in [0.2, 0.25) is 0 Å². The molecule has 0 amide bonds. The molecule has 0 radical (unpaired) electrons. The fourth-order valence-corrected chi connectivity index (χ4v) is 1.69. The van der Waals surface area contributed by atoms with Crippen molar-refractivity contribution in [1.82, 2.24) is 0 Å². The van der Waals surface area contributed by atoms with E-state index in [1.165, 1.54) is 11.1 Å². The van der Waals surface area contributed by atoms with Crippen LogP contribution in [-0.4, -0.2) is 0 Å². The molecule has 0 saturated heterocycles. The molecule has 2 N–H and O–H groups in total. The van der Waals surface area contributed by atoms with E-state index in [1.807, 2.05) is 37.3 Å². The molecule has 0 unspecified atom stereocenters. The van der Waals surface area contributed by atoms with Gasteiger partial charge >= 0.3 is 0 Å². The summed E-state index contributed by atoms with van der Waals surface area (Å²) in [6.45, 7) is 4.67. The van der Waals surface area contributed by atoms with Gasteiger partial charge in [-0.05, 0) is 42.7 Å². The van der Waals surface area contributed by atoms with Gasteiger partial charge in [0.05, 0.1) is 5.69 Å². The maximum absolute atomic E-state index is 5.87. The Morgan fingerprint density at radius 2 is 1.82 bits per heavy atom. The van der Waals surface area contributed by atoms with Gasteiger partial charge in [-0.2, -0.15) is 0 Å². The maximum atomic E-state index is 5.87. The van der Waals surface area contributed by atoms with E-state index in [1.54, 1.807) is 0 Å². The van der Waals surface area contributed by atoms with E-state index < -0.39 is 0 Å². The van der Waals surface area contributed by atoms with E-state index in [0.717, 1.165) is 11.3 Å². The van der Waals surface area contributed by atoms with Crippen LogP contribution in [0.4, 0.5) is 5.69 Å². The second-order valence-corrected chi connectivity index (χ2v) is 4.26. The van der Waals surface area contributed by atoms with Crippen molar-refractivity contribution in [2.24, 2.45) is 0 Å². The molecule has 17 heavy (non-hydrogen) atoms. The molecule has 88 valence electrons. The van der Waals surface area contributed by atoms with Crippen molar-refractivity contribution >= 4 is 5.69 Å². The summed E-state index contributed by atoms with van der Waals surface area (Å²) in [6, 6.07) is 14.0. The van der Waals surface area contributed by atoms with E-state index in [0.29, 0.717) is 12.3 Å². The molecular formula is C15H17NO. The average Bonchev–Trinajstić information content (AvgIpc) is 2.32. The fourth-order valence-electron chi connectivity index (χ4n) is 1.69. The molecule has 2 nitrogen and oxygen atoms in total. The molecule has 0 aromatic heterocycles. The van der Waals surface area contributed by atoms with Crippen molar-refractivity contribution in [3.63, 3.8) is 0 Å². The van der Waals surface area contributed by atoms with Crippen molar-refractivity contribution in [3.8, 4) is 5.75 Å². The fraction of sp³-hybridized carbons (Fsp3) is 0.200. The van der Waals surface area contributed by atoms with Crippen molar-refractivity contribution in [1.29, 1.82) is 0 Å². The Hall–Kier alpha value is -1.96. The molecule has 0 bridgehead atoms. The van der Waals surface area contributed by atoms with E-state index in [9.17, 15) is 0 Å². The zero-order valence-electron chi connectivity index (χ0n) is 10.2. The van der Waals surface area contributed by atoms with Crippen LogP contribution in [0.1, 0.15) is 16.7 Å². The van der Waals surface area contributed by atoms with Crippen LogP contribution in [0.3, 0.4) is 0 Å². The molecular weight excluding hydrogens is 210 g/mol. The number of aryl methyl sites for hydroxylation is 2. The minimum Gasteiger partial charge on any atom is -0.487 e. The summed E-state index contributed by atoms with van der Waals surface area (Å²) in [5.74, 6) is 0.758. The largest absolute Gasteiger partial charge is 0.487 e. The van der Waals surface area contributed by atoms with Gasteiger partial charge in [0.15, 0.2) is 0 Å². The van der Waals surface area contributed by atoms with Crippen molar-refractivity contribution in [2.45, 2.75) is 20.5 Å². The predicted molar refractivity (Wildman–Crippen MR) is 71.1 cm³/mol. The number of anilines is 1. The van der Waals surface area contributed by atoms with Crippen molar-refractivity contribution < 1.29 is 4.74 Å². The highest BCUT2D eigenvalue weighted by molar-refractivity contribution is 5.53. The lowest BCUT2D eigenvalue weighted by molar-refractivity contribution is 0.307. The SMILES string of the molecule is Cc1ccc(N)c(OCc2ccccc2C)c1. The number of hydrogen-bond acceptors (Lipinski definition) is 2. The molecule has 2 rings (SSSR count). The lowest BCUT2D eigenvalue weighted by atomic mass is 10.1. The summed E-state index contributed by atoms with van der Waals surface area (Å²) in [7, 11) is 0. The first-order chi connectivity index (χ1) is 8.16. The molecule has 0 spiro atoms. The second-order valence-electron chi connectivity index (χ2n) is 4.26. The van der Waals surface area contributed by atoms with Gasteiger partial charge in [-0.15, -0.1) is 0 Å². The summed E-state index contributed by atoms with van der Waals surface area (Å²) in [4.78, 5) is 0. The van der Waals surface area contributed by atoms with Gasteiger partial charge < -0.3 is 10.5 Å². The molecule has 0 heterocycles. The molecule has 0 saturated carbocycles. The number of hydrogen-bond donors (Lipinski definition) is 1. The van der Waals surface area contributed by atoms with E-state index in [2.05, 4.69) is 19.1 Å². The Kier molecular flexibility index (Phi) is 3.33. The lowest BCUT2D eigenvalue weighted by Gasteiger charge is -2.11. The first kappa shape index (κ1) is 11.5. The zero-order chi connectivity index (χ0) is 12.3. The third kappa shape index (κ3) is 2.78. The average molecular weight is 227 g/mol. The maximum Gasteiger partial charge on any atom is 0.142 e. The molecule has 0 fully saturated rings. The van der Waals surface area contributed by atoms with Gasteiger partial charge in [0.2, 0.25) is 0 Å². The number of ether oxygens (including phenoxy) is 1. The molecule has 0 atom stereocenters. The van der Waals surface area contributed by atoms with Crippen LogP contribution in [0.15, 0.2) is 42.5 Å². The molecule has 2 aromatic rings. The summed E-state index contributed by atoms with van der Waals surface area (Å²) < 4.78 is 5.76. The van der Waals surface area contributed by atoms with Crippen LogP contribution in [0.25, 0.3) is 0 Å². The van der Waals surface area contributed by atoms with E-state index >= 15 is 0 Å². The van der Waals surface area contributed by atoms with Gasteiger partial charge in [0, 0.05) is 0 Å². The highest BCUT2D eigenvalue weighted by atomic mass is 16.5. The number of nitrogen functional groups attached to an aromatic ring is 1. The van der Waals surface area contributed by atoms with E-state index in [-0.39, 0.29) is 0 Å². The Morgan fingerprint density at radius 3 is 2.59 bits per heavy atom. The second kappa shape index (κ2) is 4.91. The molecule has 0 aliphatic carbocycles. The van der Waals surface area contributed by atoms with Crippen LogP contribution in [0, 0.1) is 13.8 Å². The Labute approximate surface area is 102 Å². The topological polar surface area (TPSA) is 35.2 Å². The summed E-state index contributed by atoms with van der Waals surface area (Å²) in [5.41, 5.74) is 10.1. The molecule has 0 aliphatic rings. The van der Waals surface area contributed by atoms with Gasteiger partial charge in [-0.25, -0.2) is 0 Å². The molecule has 2 heteroatoms. The van der Waals surface area contributed by atoms with Crippen LogP contribution < -0.4 is 10.5 Å². The minimum atomic E-state index is 0.556. The summed E-state index contributed by atoms with van der Waals surface area (Å²) in [6.07, 6.45) is 0. The third-order valence-corrected chi connectivity index (χ3v) is 2.81. The van der Waals surface area contributed by atoms with Crippen LogP contribution in [-0.2, 0) is 6.61 Å². The van der Waals surface area contributed by atoms with Gasteiger partial charge in [-0.1, -0.05) is 30.3 Å². The van der Waals surface area contributed by atoms with Crippen LogP contribution >= 0.6 is 0 Å². The molecule has 2 aromatic carbocycles. The van der Waals surface area contributed by atoms with Crippen molar-refractivity contribution in [3.05, 3.63) is 59.2 Å². The number of rotatable bonds is 3. The Balaban J connectivity index is 2.12. The van der Waals surface area contributed by atoms with Gasteiger partial charge in [0.1, 0.15) is 12.4 Å². The first-order valence-corrected chi connectivity index (χ1v) is 5.70. The van der Waals surface area contributed by atoms with Crippen LogP contribution in [0.5, 0.6) is 5.75 Å². The van der Waals surface area contributed by atoms with Gasteiger partial charge in [-0.3, -0.25) is 0 Å². The zero-order valence-corrected chi connectivity index (χ0v) is 10.2. The number of benzene rings is 2. The minimum absolute atomic E-state index is 0.556. The quantitative estimate of drug-likeness (QED) is 0.815. The Morgan fingerprint density at radius 1 is 1.06 bits per heavy atom.